The van der Waals surface area contributed by atoms with Crippen LogP contribution in [0.4, 0.5) is 0 Å². The third-order valence-corrected chi connectivity index (χ3v) is 4.20. The Morgan fingerprint density at radius 2 is 1.25 bits per heavy atom. The van der Waals surface area contributed by atoms with Crippen LogP contribution in [0.2, 0.25) is 0 Å². The summed E-state index contributed by atoms with van der Waals surface area (Å²) in [7, 11) is 0. The molecule has 20 heavy (non-hydrogen) atoms. The summed E-state index contributed by atoms with van der Waals surface area (Å²) < 4.78 is 0. The number of hydrogen-bond acceptors (Lipinski definition) is 2. The number of carboxylic acid groups (broad SMARTS) is 2. The highest BCUT2D eigenvalue weighted by molar-refractivity contribution is 5.83. The Morgan fingerprint density at radius 1 is 0.900 bits per heavy atom. The molecule has 0 aromatic heterocycles. The molecule has 2 atom stereocenters. The molecule has 2 rings (SSSR count). The summed E-state index contributed by atoms with van der Waals surface area (Å²) >= 11 is 0. The van der Waals surface area contributed by atoms with E-state index in [1.165, 1.54) is 12.2 Å². The van der Waals surface area contributed by atoms with Crippen molar-refractivity contribution in [3.63, 3.8) is 0 Å². The molecule has 4 heteroatoms. The third kappa shape index (κ3) is 2.55. The van der Waals surface area contributed by atoms with Crippen molar-refractivity contribution in [2.75, 3.05) is 0 Å². The lowest BCUT2D eigenvalue weighted by atomic mass is 9.74. The molecule has 0 spiro atoms. The van der Waals surface area contributed by atoms with Gasteiger partial charge in [-0.1, -0.05) is 24.3 Å². The normalized spacial score (nSPS) is 40.1. The zero-order valence-corrected chi connectivity index (χ0v) is 11.8. The van der Waals surface area contributed by atoms with Crippen molar-refractivity contribution in [2.45, 2.75) is 39.5 Å². The molecular weight excluding hydrogens is 256 g/mol. The van der Waals surface area contributed by atoms with Gasteiger partial charge in [-0.2, -0.15) is 0 Å². The molecule has 2 aliphatic carbocycles. The van der Waals surface area contributed by atoms with Crippen molar-refractivity contribution in [3.8, 4) is 0 Å². The first-order valence-corrected chi connectivity index (χ1v) is 6.88. The topological polar surface area (TPSA) is 74.6 Å². The van der Waals surface area contributed by atoms with Gasteiger partial charge in [0, 0.05) is 0 Å². The van der Waals surface area contributed by atoms with Crippen molar-refractivity contribution in [2.24, 2.45) is 10.8 Å². The maximum atomic E-state index is 11.5. The highest BCUT2D eigenvalue weighted by Crippen LogP contribution is 2.39. The van der Waals surface area contributed by atoms with Crippen LogP contribution in [0, 0.1) is 10.8 Å². The van der Waals surface area contributed by atoms with Crippen LogP contribution in [0.25, 0.3) is 0 Å². The molecule has 2 aliphatic rings. The van der Waals surface area contributed by atoms with Crippen molar-refractivity contribution in [1.29, 1.82) is 0 Å². The van der Waals surface area contributed by atoms with Gasteiger partial charge in [0.1, 0.15) is 10.8 Å². The fourth-order valence-corrected chi connectivity index (χ4v) is 2.71. The van der Waals surface area contributed by atoms with E-state index in [0.717, 1.165) is 36.8 Å². The van der Waals surface area contributed by atoms with E-state index in [9.17, 15) is 19.8 Å². The van der Waals surface area contributed by atoms with Gasteiger partial charge in [0.15, 0.2) is 0 Å². The van der Waals surface area contributed by atoms with Crippen molar-refractivity contribution < 1.29 is 19.8 Å². The lowest BCUT2D eigenvalue weighted by Crippen LogP contribution is -2.29. The fourth-order valence-electron chi connectivity index (χ4n) is 2.71. The Kier molecular flexibility index (Phi) is 3.59. The van der Waals surface area contributed by atoms with E-state index in [0.29, 0.717) is 0 Å². The number of carbonyl (C=O) groups is 2. The summed E-state index contributed by atoms with van der Waals surface area (Å²) in [6.45, 7) is 3.22. The lowest BCUT2D eigenvalue weighted by Gasteiger charge is -2.29. The van der Waals surface area contributed by atoms with E-state index in [-0.39, 0.29) is 0 Å². The Morgan fingerprint density at radius 3 is 1.55 bits per heavy atom. The molecular formula is C16H20O4. The molecule has 0 aromatic rings. The molecule has 2 unspecified atom stereocenters. The SMILES string of the molecule is CC1(C(=O)O)/C=C\C(C)(C(=O)O)/C=C2/CCCC/C2=C/1. The predicted octanol–water partition coefficient (Wildman–Crippen LogP) is 3.16. The largest absolute Gasteiger partial charge is 0.480 e. The molecule has 0 aromatic carbocycles. The van der Waals surface area contributed by atoms with Crippen molar-refractivity contribution >= 4 is 11.9 Å². The summed E-state index contributed by atoms with van der Waals surface area (Å²) in [5, 5.41) is 18.9. The average molecular weight is 276 g/mol. The standard InChI is InChI=1S/C16H20O4/c1-15(13(17)18)7-8-16(2,14(19)20)10-12-6-4-3-5-11(12)9-15/h7-10H,3-6H2,1-2H3,(H,17,18)(H,19,20)/b8-7-,11-9-,12-10-. The quantitative estimate of drug-likeness (QED) is 0.760. The zero-order valence-electron chi connectivity index (χ0n) is 11.8. The second kappa shape index (κ2) is 4.93. The average Bonchev–Trinajstić information content (AvgIpc) is 2.37. The molecule has 0 aliphatic heterocycles. The molecule has 0 heterocycles. The zero-order chi connectivity index (χ0) is 15.0. The summed E-state index contributed by atoms with van der Waals surface area (Å²) in [5.41, 5.74) is -0.331. The maximum Gasteiger partial charge on any atom is 0.317 e. The Bertz CT molecular complexity index is 493. The molecule has 2 N–H and O–H groups in total. The van der Waals surface area contributed by atoms with Crippen molar-refractivity contribution in [1.82, 2.24) is 0 Å². The number of aliphatic carboxylic acids is 2. The number of allylic oxidation sites excluding steroid dienone is 2. The van der Waals surface area contributed by atoms with Crippen LogP contribution in [-0.4, -0.2) is 22.2 Å². The minimum absolute atomic E-state index is 0.818. The Balaban J connectivity index is 2.62. The second-order valence-corrected chi connectivity index (χ2v) is 6.06. The van der Waals surface area contributed by atoms with Crippen LogP contribution in [0.3, 0.4) is 0 Å². The molecule has 0 radical (unpaired) electrons. The number of rotatable bonds is 2. The third-order valence-electron chi connectivity index (χ3n) is 4.20. The van der Waals surface area contributed by atoms with Gasteiger partial charge in [0.25, 0.3) is 0 Å². The smallest absolute Gasteiger partial charge is 0.317 e. The van der Waals surface area contributed by atoms with Crippen LogP contribution < -0.4 is 0 Å². The molecule has 0 saturated heterocycles. The van der Waals surface area contributed by atoms with Gasteiger partial charge < -0.3 is 10.2 Å². The predicted molar refractivity (Wildman–Crippen MR) is 75.3 cm³/mol. The fraction of sp³-hybridized carbons (Fsp3) is 0.500. The monoisotopic (exact) mass is 276 g/mol. The minimum atomic E-state index is -1.15. The van der Waals surface area contributed by atoms with Gasteiger partial charge in [-0.15, -0.1) is 0 Å². The summed E-state index contributed by atoms with van der Waals surface area (Å²) in [6.07, 6.45) is 10.2. The molecule has 108 valence electrons. The Hall–Kier alpha value is -1.84. The number of fused-ring (bicyclic) bond motifs is 1. The van der Waals surface area contributed by atoms with Crippen LogP contribution in [0.5, 0.6) is 0 Å². The van der Waals surface area contributed by atoms with Gasteiger partial charge >= 0.3 is 11.9 Å². The number of carboxylic acids is 2. The number of hydrogen-bond donors (Lipinski definition) is 2. The molecule has 0 bridgehead atoms. The first-order chi connectivity index (χ1) is 9.27. The highest BCUT2D eigenvalue weighted by atomic mass is 16.4. The van der Waals surface area contributed by atoms with Crippen molar-refractivity contribution in [3.05, 3.63) is 35.5 Å². The molecule has 0 amide bonds. The van der Waals surface area contributed by atoms with Gasteiger partial charge in [-0.3, -0.25) is 9.59 Å². The maximum absolute atomic E-state index is 11.5. The van der Waals surface area contributed by atoms with Gasteiger partial charge in [0.05, 0.1) is 0 Å². The van der Waals surface area contributed by atoms with Gasteiger partial charge in [0.2, 0.25) is 0 Å². The van der Waals surface area contributed by atoms with Crippen LogP contribution in [-0.2, 0) is 9.59 Å². The van der Waals surface area contributed by atoms with Gasteiger partial charge in [-0.25, -0.2) is 0 Å². The molecule has 1 saturated carbocycles. The first-order valence-electron chi connectivity index (χ1n) is 6.88. The van der Waals surface area contributed by atoms with E-state index in [2.05, 4.69) is 0 Å². The summed E-state index contributed by atoms with van der Waals surface area (Å²) in [4.78, 5) is 23.1. The highest BCUT2D eigenvalue weighted by Gasteiger charge is 2.36. The lowest BCUT2D eigenvalue weighted by molar-refractivity contribution is -0.144. The minimum Gasteiger partial charge on any atom is -0.480 e. The van der Waals surface area contributed by atoms with Crippen LogP contribution in [0.1, 0.15) is 39.5 Å². The first kappa shape index (κ1) is 14.6. The van der Waals surface area contributed by atoms with Crippen LogP contribution >= 0.6 is 0 Å². The van der Waals surface area contributed by atoms with E-state index in [1.54, 1.807) is 26.0 Å². The molecule has 4 nitrogen and oxygen atoms in total. The molecule has 1 fully saturated rings. The van der Waals surface area contributed by atoms with E-state index >= 15 is 0 Å². The Labute approximate surface area is 118 Å². The van der Waals surface area contributed by atoms with E-state index in [1.807, 2.05) is 0 Å². The second-order valence-electron chi connectivity index (χ2n) is 6.06. The van der Waals surface area contributed by atoms with E-state index < -0.39 is 22.8 Å². The summed E-state index contributed by atoms with van der Waals surface area (Å²) in [6, 6.07) is 0. The van der Waals surface area contributed by atoms with E-state index in [4.69, 9.17) is 0 Å². The van der Waals surface area contributed by atoms with Gasteiger partial charge in [-0.05, 0) is 50.7 Å². The van der Waals surface area contributed by atoms with Crippen LogP contribution in [0.15, 0.2) is 35.5 Å². The summed E-state index contributed by atoms with van der Waals surface area (Å²) in [5.74, 6) is -1.92.